The summed E-state index contributed by atoms with van der Waals surface area (Å²) in [6, 6.07) is 16.7. The Balaban J connectivity index is 1.94. The highest BCUT2D eigenvalue weighted by atomic mass is 32.2. The summed E-state index contributed by atoms with van der Waals surface area (Å²) in [5, 5.41) is 0. The van der Waals surface area contributed by atoms with Gasteiger partial charge in [0.05, 0.1) is 24.8 Å². The fourth-order valence-corrected chi connectivity index (χ4v) is 5.22. The van der Waals surface area contributed by atoms with E-state index in [9.17, 15) is 16.8 Å². The summed E-state index contributed by atoms with van der Waals surface area (Å²) >= 11 is 0. The van der Waals surface area contributed by atoms with Gasteiger partial charge in [-0.05, 0) is 67.1 Å². The van der Waals surface area contributed by atoms with Gasteiger partial charge in [-0.15, -0.1) is 0 Å². The van der Waals surface area contributed by atoms with Crippen LogP contribution < -0.4 is 18.9 Å². The van der Waals surface area contributed by atoms with Crippen LogP contribution in [0.5, 0.6) is 11.5 Å². The van der Waals surface area contributed by atoms with E-state index in [2.05, 4.69) is 9.44 Å². The maximum atomic E-state index is 13.0. The van der Waals surface area contributed by atoms with E-state index in [1.807, 2.05) is 0 Å². The number of anilines is 2. The molecule has 0 fully saturated rings. The van der Waals surface area contributed by atoms with Crippen molar-refractivity contribution in [1.82, 2.24) is 0 Å². The molecule has 2 N–H and O–H groups in total. The van der Waals surface area contributed by atoms with Crippen molar-refractivity contribution in [3.63, 3.8) is 0 Å². The van der Waals surface area contributed by atoms with E-state index < -0.39 is 20.0 Å². The number of sulfonamides is 2. The van der Waals surface area contributed by atoms with Crippen LogP contribution in [0, 0.1) is 6.92 Å². The molecule has 3 aromatic carbocycles. The molecule has 0 unspecified atom stereocenters. The van der Waals surface area contributed by atoms with Crippen molar-refractivity contribution in [2.45, 2.75) is 16.7 Å². The molecule has 0 aliphatic carbocycles. The molecule has 0 saturated carbocycles. The third-order valence-corrected chi connectivity index (χ3v) is 7.13. The van der Waals surface area contributed by atoms with Crippen molar-refractivity contribution in [3.05, 3.63) is 72.3 Å². The van der Waals surface area contributed by atoms with Crippen LogP contribution in [-0.2, 0) is 20.0 Å². The Kier molecular flexibility index (Phi) is 6.42. The Morgan fingerprint density at radius 2 is 1.35 bits per heavy atom. The van der Waals surface area contributed by atoms with Gasteiger partial charge in [-0.3, -0.25) is 9.44 Å². The number of hydrogen-bond donors (Lipinski definition) is 2. The predicted octanol–water partition coefficient (Wildman–Crippen LogP) is 3.61. The second kappa shape index (κ2) is 8.86. The summed E-state index contributed by atoms with van der Waals surface area (Å²) in [6.07, 6.45) is 0. The van der Waals surface area contributed by atoms with Gasteiger partial charge < -0.3 is 9.47 Å². The lowest BCUT2D eigenvalue weighted by molar-refractivity contribution is 0.403. The normalized spacial score (nSPS) is 11.6. The van der Waals surface area contributed by atoms with E-state index in [1.54, 1.807) is 43.3 Å². The number of methoxy groups -OCH3 is 2. The van der Waals surface area contributed by atoms with Crippen molar-refractivity contribution >= 4 is 31.4 Å². The van der Waals surface area contributed by atoms with Crippen LogP contribution in [0.4, 0.5) is 11.4 Å². The summed E-state index contributed by atoms with van der Waals surface area (Å²) in [5.41, 5.74) is 1.18. The van der Waals surface area contributed by atoms with Crippen molar-refractivity contribution in [2.75, 3.05) is 23.7 Å². The van der Waals surface area contributed by atoms with Crippen molar-refractivity contribution < 1.29 is 26.3 Å². The standard InChI is InChI=1S/C21H22N2O6S2/c1-15-5-4-6-19(13-15)30(24,25)23-17-9-12-20(29-3)21(14-17)31(26,27)22-16-7-10-18(28-2)11-8-16/h4-14,22-23H,1-3H3. The first-order valence-corrected chi connectivity index (χ1v) is 12.1. The first kappa shape index (κ1) is 22.4. The average molecular weight is 463 g/mol. The van der Waals surface area contributed by atoms with Crippen LogP contribution in [0.15, 0.2) is 76.5 Å². The number of ether oxygens (including phenoxy) is 2. The van der Waals surface area contributed by atoms with Crippen LogP contribution in [-0.4, -0.2) is 31.1 Å². The van der Waals surface area contributed by atoms with Gasteiger partial charge in [0.25, 0.3) is 20.0 Å². The fraction of sp³-hybridized carbons (Fsp3) is 0.143. The zero-order chi connectivity index (χ0) is 22.6. The van der Waals surface area contributed by atoms with Gasteiger partial charge >= 0.3 is 0 Å². The molecule has 0 spiro atoms. The SMILES string of the molecule is COc1ccc(NS(=O)(=O)c2cc(NS(=O)(=O)c3cccc(C)c3)ccc2OC)cc1. The highest BCUT2D eigenvalue weighted by Crippen LogP contribution is 2.30. The number of hydrogen-bond acceptors (Lipinski definition) is 6. The minimum Gasteiger partial charge on any atom is -0.497 e. The van der Waals surface area contributed by atoms with E-state index in [0.29, 0.717) is 11.4 Å². The highest BCUT2D eigenvalue weighted by Gasteiger charge is 2.22. The molecule has 0 amide bonds. The minimum absolute atomic E-state index is 0.0690. The minimum atomic E-state index is -4.08. The fourth-order valence-electron chi connectivity index (χ4n) is 2.82. The maximum absolute atomic E-state index is 13.0. The number of aryl methyl sites for hydroxylation is 1. The first-order valence-electron chi connectivity index (χ1n) is 9.09. The number of rotatable bonds is 8. The van der Waals surface area contributed by atoms with Gasteiger partial charge in [-0.1, -0.05) is 12.1 Å². The molecule has 0 aliphatic rings. The Morgan fingerprint density at radius 1 is 0.710 bits per heavy atom. The summed E-state index contributed by atoms with van der Waals surface area (Å²) < 4.78 is 66.4. The highest BCUT2D eigenvalue weighted by molar-refractivity contribution is 7.93. The van der Waals surface area contributed by atoms with Crippen LogP contribution in [0.2, 0.25) is 0 Å². The van der Waals surface area contributed by atoms with Gasteiger partial charge in [-0.2, -0.15) is 0 Å². The molecule has 3 rings (SSSR count). The molecule has 0 saturated heterocycles. The second-order valence-electron chi connectivity index (χ2n) is 6.62. The van der Waals surface area contributed by atoms with Crippen LogP contribution in [0.1, 0.15) is 5.56 Å². The molecule has 3 aromatic rings. The van der Waals surface area contributed by atoms with Crippen molar-refractivity contribution in [1.29, 1.82) is 0 Å². The third-order valence-electron chi connectivity index (χ3n) is 4.35. The van der Waals surface area contributed by atoms with E-state index >= 15 is 0 Å². The van der Waals surface area contributed by atoms with Gasteiger partial charge in [-0.25, -0.2) is 16.8 Å². The predicted molar refractivity (Wildman–Crippen MR) is 119 cm³/mol. The quantitative estimate of drug-likeness (QED) is 0.529. The molecule has 8 nitrogen and oxygen atoms in total. The van der Waals surface area contributed by atoms with Gasteiger partial charge in [0.2, 0.25) is 0 Å². The molecular formula is C21H22N2O6S2. The van der Waals surface area contributed by atoms with Crippen molar-refractivity contribution in [3.8, 4) is 11.5 Å². The van der Waals surface area contributed by atoms with Gasteiger partial charge in [0.1, 0.15) is 16.4 Å². The lowest BCUT2D eigenvalue weighted by Crippen LogP contribution is -2.16. The molecule has 31 heavy (non-hydrogen) atoms. The Hall–Kier alpha value is -3.24. The summed E-state index contributed by atoms with van der Waals surface area (Å²) in [5.74, 6) is 0.646. The summed E-state index contributed by atoms with van der Waals surface area (Å²) in [4.78, 5) is -0.139. The molecule has 0 bridgehead atoms. The molecule has 0 radical (unpaired) electrons. The van der Waals surface area contributed by atoms with Crippen molar-refractivity contribution in [2.24, 2.45) is 0 Å². The monoisotopic (exact) mass is 462 g/mol. The smallest absolute Gasteiger partial charge is 0.265 e. The third kappa shape index (κ3) is 5.28. The number of benzene rings is 3. The van der Waals surface area contributed by atoms with Crippen LogP contribution in [0.3, 0.4) is 0 Å². The van der Waals surface area contributed by atoms with E-state index in [0.717, 1.165) is 5.56 Å². The maximum Gasteiger partial charge on any atom is 0.265 e. The Morgan fingerprint density at radius 3 is 1.97 bits per heavy atom. The van der Waals surface area contributed by atoms with Crippen LogP contribution >= 0.6 is 0 Å². The second-order valence-corrected chi connectivity index (χ2v) is 9.95. The largest absolute Gasteiger partial charge is 0.497 e. The molecule has 0 heterocycles. The first-order chi connectivity index (χ1) is 14.6. The molecular weight excluding hydrogens is 440 g/mol. The average Bonchev–Trinajstić information content (AvgIpc) is 2.74. The molecule has 0 atom stereocenters. The van der Waals surface area contributed by atoms with E-state index in [4.69, 9.17) is 9.47 Å². The van der Waals surface area contributed by atoms with E-state index in [1.165, 1.54) is 44.6 Å². The Labute approximate surface area is 181 Å². The van der Waals surface area contributed by atoms with Gasteiger partial charge in [0, 0.05) is 5.69 Å². The topological polar surface area (TPSA) is 111 Å². The van der Waals surface area contributed by atoms with Gasteiger partial charge in [0.15, 0.2) is 0 Å². The summed E-state index contributed by atoms with van der Waals surface area (Å²) in [7, 11) is -5.14. The molecule has 0 aliphatic heterocycles. The lowest BCUT2D eigenvalue weighted by atomic mass is 10.2. The zero-order valence-corrected chi connectivity index (χ0v) is 18.7. The molecule has 0 aromatic heterocycles. The van der Waals surface area contributed by atoms with Crippen LogP contribution in [0.25, 0.3) is 0 Å². The van der Waals surface area contributed by atoms with E-state index in [-0.39, 0.29) is 21.2 Å². The number of nitrogens with one attached hydrogen (secondary N) is 2. The molecule has 164 valence electrons. The Bertz CT molecular complexity index is 1290. The molecule has 10 heteroatoms. The lowest BCUT2D eigenvalue weighted by Gasteiger charge is -2.14. The summed E-state index contributed by atoms with van der Waals surface area (Å²) in [6.45, 7) is 1.78. The zero-order valence-electron chi connectivity index (χ0n) is 17.1.